The van der Waals surface area contributed by atoms with Crippen LogP contribution in [0.5, 0.6) is 0 Å². The van der Waals surface area contributed by atoms with Crippen LogP contribution < -0.4 is 10.6 Å². The van der Waals surface area contributed by atoms with Crippen LogP contribution in [-0.2, 0) is 6.54 Å². The molecule has 6 heteroatoms. The van der Waals surface area contributed by atoms with Crippen molar-refractivity contribution in [3.8, 4) is 0 Å². The summed E-state index contributed by atoms with van der Waals surface area (Å²) in [4.78, 5) is 0. The molecule has 104 valence electrons. The fourth-order valence-electron chi connectivity index (χ4n) is 1.49. The maximum absolute atomic E-state index is 5.54. The summed E-state index contributed by atoms with van der Waals surface area (Å²) in [6.45, 7) is 8.07. The first-order chi connectivity index (χ1) is 8.65. The highest BCUT2D eigenvalue weighted by Crippen LogP contribution is 2.11. The van der Waals surface area contributed by atoms with E-state index in [9.17, 15) is 0 Å². The Kier molecular flexibility index (Phi) is 7.12. The summed E-state index contributed by atoms with van der Waals surface area (Å²) < 4.78 is 5.54. The number of rotatable bonds is 9. The minimum absolute atomic E-state index is 0.386. The van der Waals surface area contributed by atoms with Gasteiger partial charge in [0.1, 0.15) is 0 Å². The maximum atomic E-state index is 5.54. The van der Waals surface area contributed by atoms with Gasteiger partial charge >= 0.3 is 6.01 Å². The summed E-state index contributed by atoms with van der Waals surface area (Å²) in [6, 6.07) is 0.911. The molecule has 0 aromatic carbocycles. The monoisotopic (exact) mass is 272 g/mol. The smallest absolute Gasteiger partial charge is 0.315 e. The number of nitrogens with zero attached hydrogens (tertiary/aromatic N) is 2. The van der Waals surface area contributed by atoms with Crippen molar-refractivity contribution < 1.29 is 4.42 Å². The van der Waals surface area contributed by atoms with Gasteiger partial charge in [-0.3, -0.25) is 0 Å². The molecule has 0 aliphatic carbocycles. The zero-order valence-electron chi connectivity index (χ0n) is 11.7. The van der Waals surface area contributed by atoms with Crippen molar-refractivity contribution >= 4 is 17.8 Å². The van der Waals surface area contributed by atoms with Gasteiger partial charge in [0.15, 0.2) is 0 Å². The molecular formula is C12H24N4OS. The summed E-state index contributed by atoms with van der Waals surface area (Å²) in [5.41, 5.74) is 0. The lowest BCUT2D eigenvalue weighted by Gasteiger charge is -2.12. The van der Waals surface area contributed by atoms with Crippen LogP contribution >= 0.6 is 11.8 Å². The molecule has 18 heavy (non-hydrogen) atoms. The Balaban J connectivity index is 2.37. The Hall–Kier alpha value is -0.750. The van der Waals surface area contributed by atoms with E-state index in [1.54, 1.807) is 0 Å². The van der Waals surface area contributed by atoms with Crippen molar-refractivity contribution in [3.05, 3.63) is 5.89 Å². The predicted molar refractivity (Wildman–Crippen MR) is 76.9 cm³/mol. The van der Waals surface area contributed by atoms with Crippen LogP contribution in [0.4, 0.5) is 6.01 Å². The highest BCUT2D eigenvalue weighted by Gasteiger charge is 2.10. The van der Waals surface area contributed by atoms with Gasteiger partial charge < -0.3 is 15.1 Å². The quantitative estimate of drug-likeness (QED) is 0.719. The largest absolute Gasteiger partial charge is 0.407 e. The van der Waals surface area contributed by atoms with E-state index in [4.69, 9.17) is 4.42 Å². The molecule has 1 heterocycles. The highest BCUT2D eigenvalue weighted by atomic mass is 32.2. The van der Waals surface area contributed by atoms with Crippen LogP contribution in [0.1, 0.15) is 33.1 Å². The van der Waals surface area contributed by atoms with Crippen molar-refractivity contribution in [2.75, 3.05) is 23.9 Å². The van der Waals surface area contributed by atoms with Crippen LogP contribution in [-0.4, -0.2) is 34.8 Å². The van der Waals surface area contributed by atoms with Crippen molar-refractivity contribution in [1.82, 2.24) is 15.5 Å². The fourth-order valence-corrected chi connectivity index (χ4v) is 2.21. The van der Waals surface area contributed by atoms with Crippen LogP contribution in [0.25, 0.3) is 0 Å². The van der Waals surface area contributed by atoms with Gasteiger partial charge in [0, 0.05) is 11.8 Å². The van der Waals surface area contributed by atoms with Gasteiger partial charge in [-0.1, -0.05) is 25.9 Å². The lowest BCUT2D eigenvalue weighted by atomic mass is 10.2. The molecule has 0 spiro atoms. The predicted octanol–water partition coefficient (Wildman–Crippen LogP) is 2.37. The molecule has 1 atom stereocenters. The van der Waals surface area contributed by atoms with E-state index < -0.39 is 0 Å². The van der Waals surface area contributed by atoms with Crippen LogP contribution in [0, 0.1) is 5.92 Å². The summed E-state index contributed by atoms with van der Waals surface area (Å²) >= 11 is 1.81. The van der Waals surface area contributed by atoms with Gasteiger partial charge in [-0.2, -0.15) is 11.8 Å². The molecule has 0 bridgehead atoms. The first-order valence-corrected chi connectivity index (χ1v) is 7.83. The Morgan fingerprint density at radius 1 is 1.33 bits per heavy atom. The molecule has 0 fully saturated rings. The Bertz CT molecular complexity index is 330. The van der Waals surface area contributed by atoms with Crippen LogP contribution in [0.15, 0.2) is 4.42 Å². The molecular weight excluding hydrogens is 248 g/mol. The molecule has 1 aromatic rings. The summed E-state index contributed by atoms with van der Waals surface area (Å²) in [6.07, 6.45) is 3.14. The topological polar surface area (TPSA) is 63.0 Å². The first-order valence-electron chi connectivity index (χ1n) is 6.44. The minimum atomic E-state index is 0.386. The first kappa shape index (κ1) is 15.3. The van der Waals surface area contributed by atoms with Crippen molar-refractivity contribution in [2.45, 2.75) is 39.8 Å². The Morgan fingerprint density at radius 2 is 2.11 bits per heavy atom. The zero-order chi connectivity index (χ0) is 13.4. The van der Waals surface area contributed by atoms with Crippen molar-refractivity contribution in [2.24, 2.45) is 5.92 Å². The second-order valence-electron chi connectivity index (χ2n) is 4.73. The second-order valence-corrected chi connectivity index (χ2v) is 5.64. The third-order valence-electron chi connectivity index (χ3n) is 2.48. The van der Waals surface area contributed by atoms with E-state index in [1.165, 1.54) is 0 Å². The molecule has 0 aliphatic heterocycles. The molecule has 1 unspecified atom stereocenters. The standard InChI is InChI=1S/C12H24N4OS/c1-5-10(8-18-4)14-12-16-15-11(17-12)7-13-6-9(2)3/h9-10,13H,5-8H2,1-4H3,(H,14,16). The van der Waals surface area contributed by atoms with Gasteiger partial charge in [0.2, 0.25) is 5.89 Å². The molecule has 1 aromatic heterocycles. The molecule has 0 radical (unpaired) electrons. The number of hydrogen-bond acceptors (Lipinski definition) is 6. The van der Waals surface area contributed by atoms with E-state index >= 15 is 0 Å². The third kappa shape index (κ3) is 5.73. The molecule has 2 N–H and O–H groups in total. The molecule has 1 rings (SSSR count). The second kappa shape index (κ2) is 8.37. The zero-order valence-corrected chi connectivity index (χ0v) is 12.5. The summed E-state index contributed by atoms with van der Waals surface area (Å²) in [7, 11) is 0. The highest BCUT2D eigenvalue weighted by molar-refractivity contribution is 7.98. The lowest BCUT2D eigenvalue weighted by molar-refractivity contribution is 0.456. The number of nitrogens with one attached hydrogen (secondary N) is 2. The SMILES string of the molecule is CCC(CSC)Nc1nnc(CNCC(C)C)o1. The van der Waals surface area contributed by atoms with Gasteiger partial charge in [0.25, 0.3) is 0 Å². The molecule has 0 amide bonds. The Labute approximate surface area is 114 Å². The lowest BCUT2D eigenvalue weighted by Crippen LogP contribution is -2.21. The van der Waals surface area contributed by atoms with E-state index in [-0.39, 0.29) is 0 Å². The number of anilines is 1. The fraction of sp³-hybridized carbons (Fsp3) is 0.833. The molecule has 5 nitrogen and oxygen atoms in total. The average molecular weight is 272 g/mol. The molecule has 0 saturated heterocycles. The molecule has 0 saturated carbocycles. The van der Waals surface area contributed by atoms with E-state index in [0.717, 1.165) is 18.7 Å². The van der Waals surface area contributed by atoms with Gasteiger partial charge in [0.05, 0.1) is 6.54 Å². The minimum Gasteiger partial charge on any atom is -0.407 e. The average Bonchev–Trinajstić information content (AvgIpc) is 2.76. The Morgan fingerprint density at radius 3 is 2.72 bits per heavy atom. The molecule has 0 aliphatic rings. The normalized spacial score (nSPS) is 12.9. The van der Waals surface area contributed by atoms with E-state index in [1.807, 2.05) is 11.8 Å². The number of aromatic nitrogens is 2. The van der Waals surface area contributed by atoms with Crippen LogP contribution in [0.2, 0.25) is 0 Å². The van der Waals surface area contributed by atoms with Gasteiger partial charge in [-0.25, -0.2) is 0 Å². The third-order valence-corrected chi connectivity index (χ3v) is 3.22. The number of hydrogen-bond donors (Lipinski definition) is 2. The van der Waals surface area contributed by atoms with Crippen molar-refractivity contribution in [3.63, 3.8) is 0 Å². The van der Waals surface area contributed by atoms with E-state index in [0.29, 0.717) is 30.4 Å². The van der Waals surface area contributed by atoms with Crippen molar-refractivity contribution in [1.29, 1.82) is 0 Å². The van der Waals surface area contributed by atoms with E-state index in [2.05, 4.69) is 47.9 Å². The maximum Gasteiger partial charge on any atom is 0.315 e. The summed E-state index contributed by atoms with van der Waals surface area (Å²) in [5.74, 6) is 2.30. The van der Waals surface area contributed by atoms with Crippen LogP contribution in [0.3, 0.4) is 0 Å². The van der Waals surface area contributed by atoms with Gasteiger partial charge in [-0.15, -0.1) is 5.10 Å². The summed E-state index contributed by atoms with van der Waals surface area (Å²) in [5, 5.41) is 14.6. The number of thioether (sulfide) groups is 1. The van der Waals surface area contributed by atoms with Gasteiger partial charge in [-0.05, 0) is 25.1 Å².